The van der Waals surface area contributed by atoms with Crippen LogP contribution in [0.1, 0.15) is 12.0 Å². The van der Waals surface area contributed by atoms with Gasteiger partial charge in [-0.15, -0.1) is 0 Å². The van der Waals surface area contributed by atoms with Crippen LogP contribution in [0.3, 0.4) is 0 Å². The molecule has 1 aliphatic heterocycles. The van der Waals surface area contributed by atoms with Crippen LogP contribution in [0.2, 0.25) is 0 Å². The molecule has 5 heteroatoms. The van der Waals surface area contributed by atoms with Crippen LogP contribution in [0.25, 0.3) is 0 Å². The minimum Gasteiger partial charge on any atom is -1.00 e. The maximum Gasteiger partial charge on any atom is 0.102 e. The third-order valence-electron chi connectivity index (χ3n) is 3.88. The van der Waals surface area contributed by atoms with Crippen LogP contribution in [0, 0.1) is 6.92 Å². The molecule has 1 aromatic rings. The summed E-state index contributed by atoms with van der Waals surface area (Å²) in [7, 11) is 6.59. The summed E-state index contributed by atoms with van der Waals surface area (Å²) in [6.45, 7) is 6.00. The number of nitrogens with two attached hydrogens (primary N) is 1. The van der Waals surface area contributed by atoms with Crippen LogP contribution in [-0.4, -0.2) is 58.0 Å². The van der Waals surface area contributed by atoms with Gasteiger partial charge in [0, 0.05) is 24.5 Å². The van der Waals surface area contributed by atoms with E-state index in [-0.39, 0.29) is 12.4 Å². The van der Waals surface area contributed by atoms with E-state index in [1.165, 1.54) is 5.69 Å². The fourth-order valence-corrected chi connectivity index (χ4v) is 2.45. The van der Waals surface area contributed by atoms with E-state index < -0.39 is 0 Å². The SMILES string of the molecule is Cc1cc(N2CCC(OCC[N+](C)(C)C)C2)ccc1N.[Cl-]. The lowest BCUT2D eigenvalue weighted by molar-refractivity contribution is -0.870. The second-order valence-corrected chi connectivity index (χ2v) is 6.78. The lowest BCUT2D eigenvalue weighted by atomic mass is 10.2. The molecule has 1 aromatic carbocycles. The summed E-state index contributed by atoms with van der Waals surface area (Å²) in [5.74, 6) is 0. The molecule has 1 atom stereocenters. The van der Waals surface area contributed by atoms with Crippen LogP contribution >= 0.6 is 0 Å². The second kappa shape index (κ2) is 7.34. The molecule has 1 fully saturated rings. The predicted molar refractivity (Wildman–Crippen MR) is 85.1 cm³/mol. The molecule has 2 rings (SSSR count). The Morgan fingerprint density at radius 3 is 2.67 bits per heavy atom. The van der Waals surface area contributed by atoms with Gasteiger partial charge in [-0.2, -0.15) is 0 Å². The molecule has 0 saturated carbocycles. The third kappa shape index (κ3) is 5.38. The van der Waals surface area contributed by atoms with Gasteiger partial charge in [0.25, 0.3) is 0 Å². The Hall–Kier alpha value is -0.970. The van der Waals surface area contributed by atoms with E-state index in [2.05, 4.69) is 45.1 Å². The lowest BCUT2D eigenvalue weighted by Gasteiger charge is -2.24. The van der Waals surface area contributed by atoms with Crippen molar-refractivity contribution in [3.63, 3.8) is 0 Å². The van der Waals surface area contributed by atoms with Crippen molar-refractivity contribution in [2.45, 2.75) is 19.4 Å². The molecule has 1 saturated heterocycles. The highest BCUT2D eigenvalue weighted by atomic mass is 35.5. The number of hydrogen-bond acceptors (Lipinski definition) is 3. The number of nitrogens with zero attached hydrogens (tertiary/aromatic N) is 2. The molecule has 1 heterocycles. The van der Waals surface area contributed by atoms with Crippen LogP contribution < -0.4 is 23.0 Å². The Morgan fingerprint density at radius 2 is 2.05 bits per heavy atom. The molecule has 0 bridgehead atoms. The van der Waals surface area contributed by atoms with Gasteiger partial charge in [0.2, 0.25) is 0 Å². The van der Waals surface area contributed by atoms with Crippen molar-refractivity contribution in [1.82, 2.24) is 0 Å². The number of rotatable bonds is 5. The topological polar surface area (TPSA) is 38.5 Å². The van der Waals surface area contributed by atoms with E-state index in [1.807, 2.05) is 6.07 Å². The maximum atomic E-state index is 6.00. The fraction of sp³-hybridized carbons (Fsp3) is 0.625. The zero-order chi connectivity index (χ0) is 14.8. The zero-order valence-corrected chi connectivity index (χ0v) is 14.4. The Kier molecular flexibility index (Phi) is 6.32. The average molecular weight is 314 g/mol. The highest BCUT2D eigenvalue weighted by Gasteiger charge is 2.24. The molecular weight excluding hydrogens is 286 g/mol. The number of anilines is 2. The second-order valence-electron chi connectivity index (χ2n) is 6.78. The van der Waals surface area contributed by atoms with Gasteiger partial charge in [0.05, 0.1) is 33.9 Å². The number of aryl methyl sites for hydroxylation is 1. The van der Waals surface area contributed by atoms with Crippen LogP contribution in [0.15, 0.2) is 18.2 Å². The van der Waals surface area contributed by atoms with Gasteiger partial charge >= 0.3 is 0 Å². The van der Waals surface area contributed by atoms with Gasteiger partial charge in [0.15, 0.2) is 0 Å². The highest BCUT2D eigenvalue weighted by Crippen LogP contribution is 2.25. The molecule has 2 N–H and O–H groups in total. The summed E-state index contributed by atoms with van der Waals surface area (Å²) in [6.07, 6.45) is 1.47. The molecule has 120 valence electrons. The zero-order valence-electron chi connectivity index (χ0n) is 13.6. The van der Waals surface area contributed by atoms with E-state index in [4.69, 9.17) is 10.5 Å². The summed E-state index contributed by atoms with van der Waals surface area (Å²) in [5.41, 5.74) is 9.15. The lowest BCUT2D eigenvalue weighted by Crippen LogP contribution is -3.00. The van der Waals surface area contributed by atoms with Gasteiger partial charge in [-0.1, -0.05) is 0 Å². The van der Waals surface area contributed by atoms with Gasteiger partial charge < -0.3 is 32.3 Å². The third-order valence-corrected chi connectivity index (χ3v) is 3.88. The normalized spacial score (nSPS) is 18.7. The number of nitrogen functional groups attached to an aromatic ring is 1. The van der Waals surface area contributed by atoms with Crippen molar-refractivity contribution in [2.24, 2.45) is 0 Å². The largest absolute Gasteiger partial charge is 1.00 e. The smallest absolute Gasteiger partial charge is 0.102 e. The minimum absolute atomic E-state index is 0. The van der Waals surface area contributed by atoms with Crippen LogP contribution in [0.4, 0.5) is 11.4 Å². The van der Waals surface area contributed by atoms with Gasteiger partial charge in [-0.05, 0) is 37.1 Å². The van der Waals surface area contributed by atoms with Crippen LogP contribution in [-0.2, 0) is 4.74 Å². The van der Waals surface area contributed by atoms with Gasteiger partial charge in [0.1, 0.15) is 6.54 Å². The molecular formula is C16H28ClN3O. The summed E-state index contributed by atoms with van der Waals surface area (Å²) < 4.78 is 6.95. The van der Waals surface area contributed by atoms with E-state index >= 15 is 0 Å². The predicted octanol–water partition coefficient (Wildman–Crippen LogP) is -1.12. The summed E-state index contributed by atoms with van der Waals surface area (Å²) in [4.78, 5) is 2.39. The van der Waals surface area contributed by atoms with Crippen molar-refractivity contribution in [1.29, 1.82) is 0 Å². The van der Waals surface area contributed by atoms with Crippen molar-refractivity contribution < 1.29 is 21.6 Å². The van der Waals surface area contributed by atoms with Gasteiger partial charge in [-0.25, -0.2) is 0 Å². The first kappa shape index (κ1) is 18.1. The maximum absolute atomic E-state index is 6.00. The molecule has 0 radical (unpaired) electrons. The quantitative estimate of drug-likeness (QED) is 0.553. The van der Waals surface area contributed by atoms with E-state index in [0.29, 0.717) is 6.10 Å². The Balaban J connectivity index is 0.00000220. The van der Waals surface area contributed by atoms with Gasteiger partial charge in [-0.3, -0.25) is 0 Å². The monoisotopic (exact) mass is 313 g/mol. The summed E-state index contributed by atoms with van der Waals surface area (Å²) in [5, 5.41) is 0. The first-order valence-electron chi connectivity index (χ1n) is 7.38. The first-order valence-corrected chi connectivity index (χ1v) is 7.38. The fourth-order valence-electron chi connectivity index (χ4n) is 2.45. The van der Waals surface area contributed by atoms with Crippen LogP contribution in [0.5, 0.6) is 0 Å². The van der Waals surface area contributed by atoms with E-state index in [9.17, 15) is 0 Å². The molecule has 0 aliphatic carbocycles. The molecule has 1 unspecified atom stereocenters. The molecule has 0 spiro atoms. The van der Waals surface area contributed by atoms with E-state index in [1.54, 1.807) is 0 Å². The number of ether oxygens (including phenoxy) is 1. The molecule has 0 amide bonds. The summed E-state index contributed by atoms with van der Waals surface area (Å²) >= 11 is 0. The van der Waals surface area contributed by atoms with Crippen molar-refractivity contribution in [3.05, 3.63) is 23.8 Å². The molecule has 1 aliphatic rings. The standard InChI is InChI=1S/C16H28N3O.ClH/c1-13-11-14(5-6-16(13)17)18-8-7-15(12-18)20-10-9-19(2,3)4;/h5-6,11,15H,7-10,12,17H2,1-4H3;1H/q+1;/p-1. The Labute approximate surface area is 134 Å². The Morgan fingerprint density at radius 1 is 1.33 bits per heavy atom. The number of quaternary nitrogens is 1. The van der Waals surface area contributed by atoms with Crippen molar-refractivity contribution in [2.75, 3.05) is 58.0 Å². The molecule has 21 heavy (non-hydrogen) atoms. The minimum atomic E-state index is 0. The average Bonchev–Trinajstić information content (AvgIpc) is 2.80. The highest BCUT2D eigenvalue weighted by molar-refractivity contribution is 5.58. The van der Waals surface area contributed by atoms with E-state index in [0.717, 1.165) is 48.4 Å². The number of likely N-dealkylation sites (N-methyl/N-ethyl adjacent to an activating group) is 1. The number of halogens is 1. The number of hydrogen-bond donors (Lipinski definition) is 1. The van der Waals surface area contributed by atoms with Crippen molar-refractivity contribution >= 4 is 11.4 Å². The number of benzene rings is 1. The van der Waals surface area contributed by atoms with Crippen molar-refractivity contribution in [3.8, 4) is 0 Å². The molecule has 4 nitrogen and oxygen atoms in total. The summed E-state index contributed by atoms with van der Waals surface area (Å²) in [6, 6.07) is 6.27. The first-order chi connectivity index (χ1) is 9.35. The Bertz CT molecular complexity index is 459. The molecule has 0 aromatic heterocycles.